The minimum absolute atomic E-state index is 0.0713. The van der Waals surface area contributed by atoms with Crippen LogP contribution in [0.2, 0.25) is 0 Å². The molecule has 1 nitrogen and oxygen atoms in total. The highest BCUT2D eigenvalue weighted by Gasteiger charge is 2.24. The van der Waals surface area contributed by atoms with Gasteiger partial charge in [-0.15, -0.1) is 0 Å². The Kier molecular flexibility index (Phi) is 3.52. The number of benzene rings is 2. The molecule has 0 atom stereocenters. The van der Waals surface area contributed by atoms with Crippen LogP contribution in [0.25, 0.3) is 0 Å². The molecule has 0 aliphatic carbocycles. The summed E-state index contributed by atoms with van der Waals surface area (Å²) in [7, 11) is 0. The van der Waals surface area contributed by atoms with E-state index in [4.69, 9.17) is 0 Å². The van der Waals surface area contributed by atoms with Crippen LogP contribution < -0.4 is 0 Å². The molecule has 0 aromatic heterocycles. The molecule has 7 heteroatoms. The van der Waals surface area contributed by atoms with Crippen molar-refractivity contribution in [2.75, 3.05) is 0 Å². The van der Waals surface area contributed by atoms with E-state index in [0.29, 0.717) is 0 Å². The summed E-state index contributed by atoms with van der Waals surface area (Å²) < 4.78 is 78.5. The summed E-state index contributed by atoms with van der Waals surface area (Å²) >= 11 is 0. The van der Waals surface area contributed by atoms with Crippen LogP contribution in [0.4, 0.5) is 26.3 Å². The minimum Gasteiger partial charge on any atom is -0.288 e. The van der Waals surface area contributed by atoms with Gasteiger partial charge in [0, 0.05) is 18.2 Å². The minimum atomic E-state index is -1.57. The molecule has 0 N–H and O–H groups in total. The van der Waals surface area contributed by atoms with Gasteiger partial charge in [-0.2, -0.15) is 0 Å². The summed E-state index contributed by atoms with van der Waals surface area (Å²) in [6, 6.07) is 0.680. The first-order chi connectivity index (χ1) is 9.31. The Morgan fingerprint density at radius 2 is 1.15 bits per heavy atom. The number of halogens is 6. The standard InChI is InChI=1S/C13H4F6O/c14-5-1-10(18)12(11(19)2-5)13(20)6-3-8(16)9(17)4-7(6)15/h1-4H. The van der Waals surface area contributed by atoms with Gasteiger partial charge in [-0.05, 0) is 6.07 Å². The molecular weight excluding hydrogens is 286 g/mol. The van der Waals surface area contributed by atoms with E-state index in [1.54, 1.807) is 0 Å². The topological polar surface area (TPSA) is 17.1 Å². The maximum Gasteiger partial charge on any atom is 0.201 e. The number of hydrogen-bond donors (Lipinski definition) is 0. The van der Waals surface area contributed by atoms with Crippen molar-refractivity contribution in [2.24, 2.45) is 0 Å². The summed E-state index contributed by atoms with van der Waals surface area (Å²) in [6.07, 6.45) is 0. The first kappa shape index (κ1) is 14.1. The van der Waals surface area contributed by atoms with Gasteiger partial charge in [0.25, 0.3) is 0 Å². The van der Waals surface area contributed by atoms with Gasteiger partial charge in [0.05, 0.1) is 11.1 Å². The molecule has 0 radical (unpaired) electrons. The average molecular weight is 290 g/mol. The molecule has 0 bridgehead atoms. The molecule has 20 heavy (non-hydrogen) atoms. The first-order valence-electron chi connectivity index (χ1n) is 5.15. The van der Waals surface area contributed by atoms with E-state index < -0.39 is 51.8 Å². The van der Waals surface area contributed by atoms with Gasteiger partial charge >= 0.3 is 0 Å². The molecular formula is C13H4F6O. The second-order valence-corrected chi connectivity index (χ2v) is 3.82. The van der Waals surface area contributed by atoms with Crippen molar-refractivity contribution in [1.29, 1.82) is 0 Å². The number of carbonyl (C=O) groups is 1. The van der Waals surface area contributed by atoms with E-state index in [1.807, 2.05) is 0 Å². The predicted molar refractivity (Wildman–Crippen MR) is 56.1 cm³/mol. The van der Waals surface area contributed by atoms with Crippen LogP contribution in [0.5, 0.6) is 0 Å². The quantitative estimate of drug-likeness (QED) is 0.467. The first-order valence-corrected chi connectivity index (χ1v) is 5.15. The normalized spacial score (nSPS) is 10.7. The van der Waals surface area contributed by atoms with Crippen molar-refractivity contribution in [1.82, 2.24) is 0 Å². The Balaban J connectivity index is 2.61. The molecule has 0 saturated carbocycles. The number of rotatable bonds is 2. The van der Waals surface area contributed by atoms with Crippen LogP contribution in [0.15, 0.2) is 24.3 Å². The SMILES string of the molecule is O=C(c1cc(F)c(F)cc1F)c1c(F)cc(F)cc1F. The summed E-state index contributed by atoms with van der Waals surface area (Å²) in [5, 5.41) is 0. The second kappa shape index (κ2) is 4.99. The van der Waals surface area contributed by atoms with Gasteiger partial charge in [-0.25, -0.2) is 26.3 Å². The largest absolute Gasteiger partial charge is 0.288 e. The van der Waals surface area contributed by atoms with Crippen molar-refractivity contribution in [3.63, 3.8) is 0 Å². The Morgan fingerprint density at radius 3 is 1.70 bits per heavy atom. The van der Waals surface area contributed by atoms with E-state index in [-0.39, 0.29) is 24.3 Å². The molecule has 0 spiro atoms. The van der Waals surface area contributed by atoms with Crippen LogP contribution in [-0.4, -0.2) is 5.78 Å². The Labute approximate surface area is 108 Å². The van der Waals surface area contributed by atoms with E-state index in [1.165, 1.54) is 0 Å². The zero-order valence-electron chi connectivity index (χ0n) is 9.49. The molecule has 104 valence electrons. The molecule has 0 amide bonds. The lowest BCUT2D eigenvalue weighted by atomic mass is 10.0. The Bertz CT molecular complexity index is 687. The van der Waals surface area contributed by atoms with Crippen LogP contribution in [0, 0.1) is 34.9 Å². The molecule has 2 aromatic rings. The van der Waals surface area contributed by atoms with Crippen LogP contribution in [0.1, 0.15) is 15.9 Å². The molecule has 0 saturated heterocycles. The van der Waals surface area contributed by atoms with Crippen LogP contribution >= 0.6 is 0 Å². The third kappa shape index (κ3) is 2.38. The molecule has 2 aromatic carbocycles. The maximum atomic E-state index is 13.4. The average Bonchev–Trinajstić information content (AvgIpc) is 2.32. The fraction of sp³-hybridized carbons (Fsp3) is 0. The maximum absolute atomic E-state index is 13.4. The van der Waals surface area contributed by atoms with Crippen molar-refractivity contribution < 1.29 is 31.1 Å². The highest BCUT2D eigenvalue weighted by atomic mass is 19.2. The lowest BCUT2D eigenvalue weighted by molar-refractivity contribution is 0.102. The summed E-state index contributed by atoms with van der Waals surface area (Å²) in [5.74, 6) is -10.6. The molecule has 0 aliphatic rings. The zero-order valence-corrected chi connectivity index (χ0v) is 9.49. The van der Waals surface area contributed by atoms with Crippen molar-refractivity contribution in [3.05, 3.63) is 70.3 Å². The smallest absolute Gasteiger partial charge is 0.201 e. The van der Waals surface area contributed by atoms with Crippen molar-refractivity contribution >= 4 is 5.78 Å². The number of ketones is 1. The van der Waals surface area contributed by atoms with E-state index in [9.17, 15) is 31.1 Å². The van der Waals surface area contributed by atoms with Crippen LogP contribution in [0.3, 0.4) is 0 Å². The van der Waals surface area contributed by atoms with E-state index >= 15 is 0 Å². The Morgan fingerprint density at radius 1 is 0.650 bits per heavy atom. The summed E-state index contributed by atoms with van der Waals surface area (Å²) in [6.45, 7) is 0. The van der Waals surface area contributed by atoms with Gasteiger partial charge in [0.2, 0.25) is 5.78 Å². The highest BCUT2D eigenvalue weighted by Crippen LogP contribution is 2.22. The molecule has 0 heterocycles. The third-order valence-corrected chi connectivity index (χ3v) is 2.49. The van der Waals surface area contributed by atoms with Crippen LogP contribution in [-0.2, 0) is 0 Å². The van der Waals surface area contributed by atoms with Gasteiger partial charge < -0.3 is 0 Å². The monoisotopic (exact) mass is 290 g/mol. The Hall–Kier alpha value is -2.31. The third-order valence-electron chi connectivity index (χ3n) is 2.49. The zero-order chi connectivity index (χ0) is 15.0. The molecule has 0 aliphatic heterocycles. The van der Waals surface area contributed by atoms with Crippen molar-refractivity contribution in [2.45, 2.75) is 0 Å². The van der Waals surface area contributed by atoms with Gasteiger partial charge in [0.1, 0.15) is 23.3 Å². The molecule has 0 unspecified atom stereocenters. The molecule has 2 rings (SSSR count). The second-order valence-electron chi connectivity index (χ2n) is 3.82. The van der Waals surface area contributed by atoms with Gasteiger partial charge in [0.15, 0.2) is 11.6 Å². The fourth-order valence-electron chi connectivity index (χ4n) is 1.59. The lowest BCUT2D eigenvalue weighted by Crippen LogP contribution is -2.11. The van der Waals surface area contributed by atoms with E-state index in [0.717, 1.165) is 0 Å². The number of carbonyl (C=O) groups excluding carboxylic acids is 1. The van der Waals surface area contributed by atoms with E-state index in [2.05, 4.69) is 0 Å². The summed E-state index contributed by atoms with van der Waals surface area (Å²) in [4.78, 5) is 11.8. The van der Waals surface area contributed by atoms with Gasteiger partial charge in [-0.1, -0.05) is 0 Å². The fourth-order valence-corrected chi connectivity index (χ4v) is 1.59. The van der Waals surface area contributed by atoms with Crippen molar-refractivity contribution in [3.8, 4) is 0 Å². The lowest BCUT2D eigenvalue weighted by Gasteiger charge is -2.06. The molecule has 0 fully saturated rings. The number of hydrogen-bond acceptors (Lipinski definition) is 1. The summed E-state index contributed by atoms with van der Waals surface area (Å²) in [5.41, 5.74) is -2.32. The van der Waals surface area contributed by atoms with Gasteiger partial charge in [-0.3, -0.25) is 4.79 Å². The predicted octanol–water partition coefficient (Wildman–Crippen LogP) is 3.75. The highest BCUT2D eigenvalue weighted by molar-refractivity contribution is 6.09.